The molecule has 1 saturated heterocycles. The van der Waals surface area contributed by atoms with Crippen LogP contribution in [-0.2, 0) is 14.3 Å². The highest BCUT2D eigenvalue weighted by atomic mass is 16.5. The Morgan fingerprint density at radius 3 is 2.85 bits per heavy atom. The number of imidazole rings is 1. The molecule has 2 aromatic rings. The van der Waals surface area contributed by atoms with Crippen molar-refractivity contribution in [3.8, 4) is 0 Å². The number of aromatic nitrogens is 4. The largest absolute Gasteiger partial charge is 0.479 e. The Hall–Kier alpha value is -2.55. The fourth-order valence-corrected chi connectivity index (χ4v) is 2.07. The van der Waals surface area contributed by atoms with Crippen LogP contribution in [0.1, 0.15) is 12.8 Å². The summed E-state index contributed by atoms with van der Waals surface area (Å²) in [7, 11) is 0. The number of fused-ring (bicyclic) bond motifs is 1. The lowest BCUT2D eigenvalue weighted by atomic mass is 10.2. The van der Waals surface area contributed by atoms with Gasteiger partial charge >= 0.3 is 5.97 Å². The smallest absolute Gasteiger partial charge is 0.332 e. The number of H-pyrrole nitrogens is 1. The molecule has 2 unspecified atom stereocenters. The van der Waals surface area contributed by atoms with Gasteiger partial charge in [-0.2, -0.15) is 0 Å². The van der Waals surface area contributed by atoms with Crippen LogP contribution in [0.2, 0.25) is 0 Å². The Kier molecular flexibility index (Phi) is 3.03. The number of ether oxygens (including phenoxy) is 1. The molecule has 20 heavy (non-hydrogen) atoms. The summed E-state index contributed by atoms with van der Waals surface area (Å²) < 4.78 is 5.17. The van der Waals surface area contributed by atoms with Crippen molar-refractivity contribution in [1.82, 2.24) is 19.9 Å². The molecule has 0 saturated carbocycles. The first-order valence-corrected chi connectivity index (χ1v) is 5.98. The molecule has 1 aliphatic rings. The van der Waals surface area contributed by atoms with Crippen LogP contribution in [0, 0.1) is 0 Å². The van der Waals surface area contributed by atoms with Gasteiger partial charge in [-0.05, 0) is 12.8 Å². The third kappa shape index (κ3) is 2.18. The molecule has 1 aliphatic heterocycles. The average molecular weight is 277 g/mol. The van der Waals surface area contributed by atoms with E-state index in [1.54, 1.807) is 0 Å². The molecule has 2 atom stereocenters. The van der Waals surface area contributed by atoms with Gasteiger partial charge in [-0.15, -0.1) is 0 Å². The van der Waals surface area contributed by atoms with Gasteiger partial charge in [0.1, 0.15) is 17.9 Å². The second kappa shape index (κ2) is 4.85. The number of rotatable bonds is 3. The highest BCUT2D eigenvalue weighted by Crippen LogP contribution is 2.22. The average Bonchev–Trinajstić information content (AvgIpc) is 3.08. The summed E-state index contributed by atoms with van der Waals surface area (Å²) in [5.41, 5.74) is 0.944. The molecule has 3 N–H and O–H groups in total. The van der Waals surface area contributed by atoms with Gasteiger partial charge in [-0.1, -0.05) is 0 Å². The monoisotopic (exact) mass is 277 g/mol. The normalized spacial score (nSPS) is 22.0. The Balaban J connectivity index is 1.73. The number of carboxylic acid groups (broad SMARTS) is 1. The molecule has 0 spiro atoms. The number of nitrogens with zero attached hydrogens (tertiary/aromatic N) is 3. The maximum atomic E-state index is 12.0. The first-order valence-electron chi connectivity index (χ1n) is 5.98. The number of carbonyl (C=O) groups is 2. The summed E-state index contributed by atoms with van der Waals surface area (Å²) in [6.45, 7) is 0. The summed E-state index contributed by atoms with van der Waals surface area (Å²) in [6.07, 6.45) is 1.69. The molecule has 0 aliphatic carbocycles. The van der Waals surface area contributed by atoms with Crippen molar-refractivity contribution in [3.05, 3.63) is 12.7 Å². The van der Waals surface area contributed by atoms with Gasteiger partial charge in [0.2, 0.25) is 0 Å². The third-order valence-corrected chi connectivity index (χ3v) is 3.05. The highest BCUT2D eigenvalue weighted by molar-refractivity contribution is 5.99. The maximum Gasteiger partial charge on any atom is 0.332 e. The van der Waals surface area contributed by atoms with E-state index < -0.39 is 24.1 Å². The van der Waals surface area contributed by atoms with E-state index >= 15 is 0 Å². The van der Waals surface area contributed by atoms with E-state index in [1.165, 1.54) is 12.7 Å². The van der Waals surface area contributed by atoms with Crippen molar-refractivity contribution in [2.45, 2.75) is 25.0 Å². The standard InChI is InChI=1S/C11H11N5O4/c17-10(5-1-2-6(20-5)11(18)19)16-9-7-8(13-3-12-7)14-4-15-9/h3-6H,1-2H2,(H,18,19)(H2,12,13,14,15,16,17). The van der Waals surface area contributed by atoms with Gasteiger partial charge in [0.05, 0.1) is 6.33 Å². The van der Waals surface area contributed by atoms with E-state index in [0.29, 0.717) is 29.8 Å². The molecule has 3 heterocycles. The molecule has 9 nitrogen and oxygen atoms in total. The number of nitrogens with one attached hydrogen (secondary N) is 2. The van der Waals surface area contributed by atoms with E-state index in [-0.39, 0.29) is 0 Å². The molecule has 3 rings (SSSR count). The maximum absolute atomic E-state index is 12.0. The summed E-state index contributed by atoms with van der Waals surface area (Å²) in [6, 6.07) is 0. The second-order valence-corrected chi connectivity index (χ2v) is 4.34. The Morgan fingerprint density at radius 1 is 1.30 bits per heavy atom. The molecule has 0 aromatic carbocycles. The summed E-state index contributed by atoms with van der Waals surface area (Å²) in [4.78, 5) is 37.5. The Labute approximate surface area is 112 Å². The van der Waals surface area contributed by atoms with Crippen molar-refractivity contribution in [3.63, 3.8) is 0 Å². The van der Waals surface area contributed by atoms with Crippen LogP contribution in [0.15, 0.2) is 12.7 Å². The first-order chi connectivity index (χ1) is 9.65. The van der Waals surface area contributed by atoms with Crippen molar-refractivity contribution in [2.75, 3.05) is 5.32 Å². The fraction of sp³-hybridized carbons (Fsp3) is 0.364. The molecule has 0 bridgehead atoms. The predicted molar refractivity (Wildman–Crippen MR) is 65.8 cm³/mol. The van der Waals surface area contributed by atoms with Crippen LogP contribution < -0.4 is 5.32 Å². The molecular weight excluding hydrogens is 266 g/mol. The van der Waals surface area contributed by atoms with Crippen molar-refractivity contribution < 1.29 is 19.4 Å². The highest BCUT2D eigenvalue weighted by Gasteiger charge is 2.35. The Morgan fingerprint density at radius 2 is 2.10 bits per heavy atom. The van der Waals surface area contributed by atoms with Crippen LogP contribution in [0.3, 0.4) is 0 Å². The van der Waals surface area contributed by atoms with E-state index in [9.17, 15) is 9.59 Å². The number of carbonyl (C=O) groups excluding carboxylic acids is 1. The van der Waals surface area contributed by atoms with Gasteiger partial charge in [-0.25, -0.2) is 19.7 Å². The van der Waals surface area contributed by atoms with Crippen LogP contribution in [0.25, 0.3) is 11.2 Å². The zero-order chi connectivity index (χ0) is 14.1. The van der Waals surface area contributed by atoms with Gasteiger partial charge in [0, 0.05) is 0 Å². The number of aliphatic carboxylic acids is 1. The molecule has 1 fully saturated rings. The van der Waals surface area contributed by atoms with Crippen molar-refractivity contribution >= 4 is 28.9 Å². The molecule has 104 valence electrons. The number of hydrogen-bond donors (Lipinski definition) is 3. The minimum atomic E-state index is -1.06. The van der Waals surface area contributed by atoms with Gasteiger partial charge in [0.15, 0.2) is 17.6 Å². The third-order valence-electron chi connectivity index (χ3n) is 3.05. The van der Waals surface area contributed by atoms with Crippen LogP contribution in [0.5, 0.6) is 0 Å². The number of anilines is 1. The Bertz CT molecular complexity index is 670. The van der Waals surface area contributed by atoms with E-state index in [2.05, 4.69) is 25.3 Å². The molecule has 1 amide bonds. The van der Waals surface area contributed by atoms with Gasteiger partial charge in [0.25, 0.3) is 5.91 Å². The number of amides is 1. The van der Waals surface area contributed by atoms with Crippen LogP contribution in [-0.4, -0.2) is 49.1 Å². The van der Waals surface area contributed by atoms with E-state index in [4.69, 9.17) is 9.84 Å². The summed E-state index contributed by atoms with van der Waals surface area (Å²) in [5, 5.41) is 11.4. The number of aromatic amines is 1. The topological polar surface area (TPSA) is 130 Å². The van der Waals surface area contributed by atoms with Gasteiger partial charge < -0.3 is 20.1 Å². The zero-order valence-corrected chi connectivity index (χ0v) is 10.2. The lowest BCUT2D eigenvalue weighted by molar-refractivity contribution is -0.150. The van der Waals surface area contributed by atoms with E-state index in [0.717, 1.165) is 0 Å². The lowest BCUT2D eigenvalue weighted by Gasteiger charge is -2.11. The summed E-state index contributed by atoms with van der Waals surface area (Å²) in [5.74, 6) is -1.19. The van der Waals surface area contributed by atoms with E-state index in [1.807, 2.05) is 0 Å². The minimum Gasteiger partial charge on any atom is -0.479 e. The van der Waals surface area contributed by atoms with Crippen molar-refractivity contribution in [2.24, 2.45) is 0 Å². The van der Waals surface area contributed by atoms with Gasteiger partial charge in [-0.3, -0.25) is 4.79 Å². The molecule has 9 heteroatoms. The fourth-order valence-electron chi connectivity index (χ4n) is 2.07. The molecule has 0 radical (unpaired) electrons. The van der Waals surface area contributed by atoms with Crippen molar-refractivity contribution in [1.29, 1.82) is 0 Å². The minimum absolute atomic E-state index is 0.292. The molecular formula is C11H11N5O4. The quantitative estimate of drug-likeness (QED) is 0.715. The predicted octanol–water partition coefficient (Wildman–Crippen LogP) is -0.0764. The molecule has 2 aromatic heterocycles. The number of carboxylic acids is 1. The zero-order valence-electron chi connectivity index (χ0n) is 10.2. The van der Waals surface area contributed by atoms with Crippen LogP contribution >= 0.6 is 0 Å². The number of hydrogen-bond acceptors (Lipinski definition) is 6. The SMILES string of the molecule is O=C(O)C1CCC(C(=O)Nc2ncnc3nc[nH]c23)O1. The summed E-state index contributed by atoms with van der Waals surface area (Å²) >= 11 is 0. The van der Waals surface area contributed by atoms with Crippen LogP contribution in [0.4, 0.5) is 5.82 Å². The lowest BCUT2D eigenvalue weighted by Crippen LogP contribution is -2.30. The first kappa shape index (κ1) is 12.5. The second-order valence-electron chi connectivity index (χ2n) is 4.34.